The van der Waals surface area contributed by atoms with Gasteiger partial charge in [0.2, 0.25) is 5.91 Å². The fourth-order valence-electron chi connectivity index (χ4n) is 3.48. The van der Waals surface area contributed by atoms with E-state index in [9.17, 15) is 4.79 Å². The summed E-state index contributed by atoms with van der Waals surface area (Å²) in [5.74, 6) is 1.80. The highest BCUT2D eigenvalue weighted by atomic mass is 32.1. The minimum atomic E-state index is 0.0853. The van der Waals surface area contributed by atoms with Gasteiger partial charge >= 0.3 is 0 Å². The average Bonchev–Trinajstić information content (AvgIpc) is 2.93. The Balaban J connectivity index is 1.42. The second-order valence-electron chi connectivity index (χ2n) is 6.43. The van der Waals surface area contributed by atoms with E-state index in [0.29, 0.717) is 18.6 Å². The molecular formula is C14H23N3OS. The Labute approximate surface area is 120 Å². The summed E-state index contributed by atoms with van der Waals surface area (Å²) in [5, 5.41) is 7.18. The fraction of sp³-hybridized carbons (Fsp3) is 0.857. The van der Waals surface area contributed by atoms with Crippen molar-refractivity contribution in [1.29, 1.82) is 0 Å². The van der Waals surface area contributed by atoms with Gasteiger partial charge in [-0.05, 0) is 56.2 Å². The number of nitrogens with one attached hydrogen (secondary N) is 2. The molecule has 0 heterocycles. The van der Waals surface area contributed by atoms with Crippen molar-refractivity contribution in [2.75, 3.05) is 13.6 Å². The second kappa shape index (κ2) is 5.27. The number of carbonyl (C=O) groups excluding carboxylic acids is 1. The van der Waals surface area contributed by atoms with Crippen molar-refractivity contribution in [3.8, 4) is 0 Å². The first kappa shape index (κ1) is 13.2. The van der Waals surface area contributed by atoms with Gasteiger partial charge in [0.25, 0.3) is 0 Å². The normalized spacial score (nSPS) is 32.2. The standard InChI is InChI=1S/C14H23N3OS/c1-17(8-13(18)15-11-4-5-11)14(19)16-12-7-9-2-3-10(12)6-9/h9-12H,2-8H2,1H3,(H,15,18)(H,16,19)/t9-,10-,12-/m0/s1. The molecule has 0 aliphatic heterocycles. The van der Waals surface area contributed by atoms with Gasteiger partial charge in [-0.15, -0.1) is 0 Å². The van der Waals surface area contributed by atoms with E-state index in [4.69, 9.17) is 12.2 Å². The van der Waals surface area contributed by atoms with Crippen molar-refractivity contribution in [2.45, 2.75) is 50.6 Å². The summed E-state index contributed by atoms with van der Waals surface area (Å²) in [6.07, 6.45) is 7.62. The molecule has 1 amide bonds. The van der Waals surface area contributed by atoms with Gasteiger partial charge in [-0.3, -0.25) is 4.79 Å². The molecule has 19 heavy (non-hydrogen) atoms. The van der Waals surface area contributed by atoms with Crippen LogP contribution in [0.15, 0.2) is 0 Å². The molecule has 0 radical (unpaired) electrons. The summed E-state index contributed by atoms with van der Waals surface area (Å²) in [6, 6.07) is 0.966. The maximum absolute atomic E-state index is 11.7. The molecule has 5 heteroatoms. The molecule has 3 atom stereocenters. The van der Waals surface area contributed by atoms with Crippen molar-refractivity contribution >= 4 is 23.2 Å². The Morgan fingerprint density at radius 3 is 2.58 bits per heavy atom. The van der Waals surface area contributed by atoms with Crippen molar-refractivity contribution in [2.24, 2.45) is 11.8 Å². The minimum absolute atomic E-state index is 0.0853. The minimum Gasteiger partial charge on any atom is -0.360 e. The number of fused-ring (bicyclic) bond motifs is 2. The van der Waals surface area contributed by atoms with Crippen LogP contribution in [0, 0.1) is 11.8 Å². The van der Waals surface area contributed by atoms with Crippen molar-refractivity contribution in [1.82, 2.24) is 15.5 Å². The number of amides is 1. The molecule has 0 spiro atoms. The molecule has 4 nitrogen and oxygen atoms in total. The number of carbonyl (C=O) groups is 1. The highest BCUT2D eigenvalue weighted by molar-refractivity contribution is 7.80. The Morgan fingerprint density at radius 2 is 2.00 bits per heavy atom. The second-order valence-corrected chi connectivity index (χ2v) is 6.82. The lowest BCUT2D eigenvalue weighted by Gasteiger charge is -2.28. The molecule has 2 N–H and O–H groups in total. The SMILES string of the molecule is CN(CC(=O)NC1CC1)C(=S)N[C@H]1C[C@H]2CC[C@H]1C2. The van der Waals surface area contributed by atoms with Crippen molar-refractivity contribution < 1.29 is 4.79 Å². The maximum atomic E-state index is 11.7. The first-order valence-electron chi connectivity index (χ1n) is 7.43. The first-order chi connectivity index (χ1) is 9.11. The van der Waals surface area contributed by atoms with Crippen molar-refractivity contribution in [3.05, 3.63) is 0 Å². The third kappa shape index (κ3) is 3.19. The van der Waals surface area contributed by atoms with Crippen LogP contribution in [0.25, 0.3) is 0 Å². The smallest absolute Gasteiger partial charge is 0.239 e. The van der Waals surface area contributed by atoms with Crippen LogP contribution < -0.4 is 10.6 Å². The summed E-state index contributed by atoms with van der Waals surface area (Å²) >= 11 is 5.41. The van der Waals surface area contributed by atoms with E-state index in [0.717, 1.165) is 29.8 Å². The summed E-state index contributed by atoms with van der Waals surface area (Å²) in [6.45, 7) is 0.364. The summed E-state index contributed by atoms with van der Waals surface area (Å²) in [4.78, 5) is 13.6. The van der Waals surface area contributed by atoms with Gasteiger partial charge < -0.3 is 15.5 Å². The van der Waals surface area contributed by atoms with E-state index >= 15 is 0 Å². The van der Waals surface area contributed by atoms with Gasteiger partial charge in [-0.25, -0.2) is 0 Å². The molecule has 3 aliphatic rings. The van der Waals surface area contributed by atoms with Crippen LogP contribution in [-0.4, -0.2) is 41.6 Å². The van der Waals surface area contributed by atoms with E-state index in [2.05, 4.69) is 10.6 Å². The first-order valence-corrected chi connectivity index (χ1v) is 7.83. The topological polar surface area (TPSA) is 44.4 Å². The molecule has 0 unspecified atom stereocenters. The molecule has 2 bridgehead atoms. The molecule has 3 aliphatic carbocycles. The fourth-order valence-corrected chi connectivity index (χ4v) is 3.69. The molecule has 0 saturated heterocycles. The van der Waals surface area contributed by atoms with E-state index < -0.39 is 0 Å². The summed E-state index contributed by atoms with van der Waals surface area (Å²) in [7, 11) is 1.90. The monoisotopic (exact) mass is 281 g/mol. The van der Waals surface area contributed by atoms with Crippen LogP contribution in [-0.2, 0) is 4.79 Å². The largest absolute Gasteiger partial charge is 0.360 e. The highest BCUT2D eigenvalue weighted by Crippen LogP contribution is 2.44. The van der Waals surface area contributed by atoms with E-state index in [1.54, 1.807) is 0 Å². The van der Waals surface area contributed by atoms with Gasteiger partial charge in [-0.2, -0.15) is 0 Å². The average molecular weight is 281 g/mol. The predicted octanol–water partition coefficient (Wildman–Crippen LogP) is 1.26. The number of nitrogens with zero attached hydrogens (tertiary/aromatic N) is 1. The zero-order valence-corrected chi connectivity index (χ0v) is 12.3. The summed E-state index contributed by atoms with van der Waals surface area (Å²) < 4.78 is 0. The van der Waals surface area contributed by atoms with Gasteiger partial charge in [0.05, 0.1) is 6.54 Å². The van der Waals surface area contributed by atoms with Crippen LogP contribution in [0.3, 0.4) is 0 Å². The van der Waals surface area contributed by atoms with Crippen LogP contribution in [0.2, 0.25) is 0 Å². The molecule has 0 aromatic carbocycles. The van der Waals surface area contributed by atoms with Crippen molar-refractivity contribution in [3.63, 3.8) is 0 Å². The van der Waals surface area contributed by atoms with Crippen LogP contribution >= 0.6 is 12.2 Å². The lowest BCUT2D eigenvalue weighted by molar-refractivity contribution is -0.121. The van der Waals surface area contributed by atoms with Gasteiger partial charge in [0.1, 0.15) is 0 Å². The summed E-state index contributed by atoms with van der Waals surface area (Å²) in [5.41, 5.74) is 0. The Bertz CT molecular complexity index is 383. The van der Waals surface area contributed by atoms with Gasteiger partial charge in [-0.1, -0.05) is 6.42 Å². The molecule has 106 valence electrons. The van der Waals surface area contributed by atoms with Gasteiger partial charge in [0, 0.05) is 19.1 Å². The third-order valence-electron chi connectivity index (χ3n) is 4.72. The third-order valence-corrected chi connectivity index (χ3v) is 5.15. The van der Waals surface area contributed by atoms with Gasteiger partial charge in [0.15, 0.2) is 5.11 Å². The van der Waals surface area contributed by atoms with E-state index in [-0.39, 0.29) is 5.91 Å². The van der Waals surface area contributed by atoms with E-state index in [1.165, 1.54) is 25.7 Å². The number of likely N-dealkylation sites (N-methyl/N-ethyl adjacent to an activating group) is 1. The lowest BCUT2D eigenvalue weighted by Crippen LogP contribution is -2.48. The lowest BCUT2D eigenvalue weighted by atomic mass is 9.95. The highest BCUT2D eigenvalue weighted by Gasteiger charge is 2.39. The number of hydrogen-bond acceptors (Lipinski definition) is 2. The maximum Gasteiger partial charge on any atom is 0.239 e. The molecule has 3 rings (SSSR count). The number of thiocarbonyl (C=S) groups is 1. The zero-order valence-electron chi connectivity index (χ0n) is 11.5. The molecular weight excluding hydrogens is 258 g/mol. The quantitative estimate of drug-likeness (QED) is 0.762. The Morgan fingerprint density at radius 1 is 1.21 bits per heavy atom. The predicted molar refractivity (Wildman–Crippen MR) is 78.8 cm³/mol. The van der Waals surface area contributed by atoms with E-state index in [1.807, 2.05) is 11.9 Å². The molecule has 3 fully saturated rings. The van der Waals surface area contributed by atoms with Crippen LogP contribution in [0.4, 0.5) is 0 Å². The number of hydrogen-bond donors (Lipinski definition) is 2. The van der Waals surface area contributed by atoms with Crippen LogP contribution in [0.1, 0.15) is 38.5 Å². The Kier molecular flexibility index (Phi) is 3.65. The molecule has 0 aromatic rings. The molecule has 0 aromatic heterocycles. The van der Waals surface area contributed by atoms with Crippen LogP contribution in [0.5, 0.6) is 0 Å². The molecule has 3 saturated carbocycles. The zero-order chi connectivity index (χ0) is 13.4. The Hall–Kier alpha value is -0.840. The number of rotatable bonds is 4.